The normalized spacial score (nSPS) is 15.3. The summed E-state index contributed by atoms with van der Waals surface area (Å²) in [5, 5.41) is 40.4. The van der Waals surface area contributed by atoms with Gasteiger partial charge in [-0.1, -0.05) is 0 Å². The lowest BCUT2D eigenvalue weighted by atomic mass is 9.77. The van der Waals surface area contributed by atoms with E-state index in [0.29, 0.717) is 25.6 Å². The van der Waals surface area contributed by atoms with Gasteiger partial charge in [-0.3, -0.25) is 0 Å². The molecule has 2 heterocycles. The Morgan fingerprint density at radius 1 is 0.759 bits per heavy atom. The summed E-state index contributed by atoms with van der Waals surface area (Å²) in [4.78, 5) is 12.8. The Balaban J connectivity index is 1.95. The van der Waals surface area contributed by atoms with E-state index in [-0.39, 0.29) is 28.6 Å². The van der Waals surface area contributed by atoms with Gasteiger partial charge in [0.25, 0.3) is 0 Å². The molecule has 0 saturated carbocycles. The van der Waals surface area contributed by atoms with Gasteiger partial charge >= 0.3 is 5.97 Å². The molecule has 0 aliphatic carbocycles. The molecule has 146 valence electrons. The molecule has 0 radical (unpaired) electrons. The summed E-state index contributed by atoms with van der Waals surface area (Å²) in [6, 6.07) is 8.57. The number of fused-ring (bicyclic) bond motifs is 6. The van der Waals surface area contributed by atoms with E-state index in [1.54, 1.807) is 12.1 Å². The first-order valence-electron chi connectivity index (χ1n) is 8.26. The Labute approximate surface area is 180 Å². The number of ether oxygens (including phenoxy) is 2. The molecule has 0 aromatic heterocycles. The predicted molar refractivity (Wildman–Crippen MR) is 107 cm³/mol. The highest BCUT2D eigenvalue weighted by atomic mass is 79.9. The van der Waals surface area contributed by atoms with E-state index in [9.17, 15) is 25.2 Å². The number of hydrogen-bond acceptors (Lipinski definition) is 7. The number of benzene rings is 3. The summed E-state index contributed by atoms with van der Waals surface area (Å²) >= 11 is 6.53. The molecule has 29 heavy (non-hydrogen) atoms. The van der Waals surface area contributed by atoms with Crippen molar-refractivity contribution in [2.24, 2.45) is 0 Å². The van der Waals surface area contributed by atoms with Crippen LogP contribution in [0.4, 0.5) is 0 Å². The van der Waals surface area contributed by atoms with Crippen molar-refractivity contribution in [3.05, 3.63) is 67.6 Å². The molecule has 0 amide bonds. The largest absolute Gasteiger partial charge is 0.507 e. The smallest absolute Gasteiger partial charge is 0.344 e. The second kappa shape index (κ2) is 5.80. The zero-order chi connectivity index (χ0) is 20.7. The number of carbonyl (C=O) groups is 1. The molecule has 1 spiro atoms. The summed E-state index contributed by atoms with van der Waals surface area (Å²) < 4.78 is 12.4. The molecule has 2 aliphatic rings. The van der Waals surface area contributed by atoms with Gasteiger partial charge in [-0.15, -0.1) is 0 Å². The number of hydrogen-bond donors (Lipinski definition) is 4. The van der Waals surface area contributed by atoms with Crippen LogP contribution in [-0.2, 0) is 10.3 Å². The second-order valence-corrected chi connectivity index (χ2v) is 8.34. The van der Waals surface area contributed by atoms with Crippen LogP contribution in [0.2, 0.25) is 0 Å². The molecule has 3 aromatic rings. The van der Waals surface area contributed by atoms with E-state index < -0.39 is 23.1 Å². The van der Waals surface area contributed by atoms with E-state index >= 15 is 0 Å². The SMILES string of the molecule is O=C1OC2(c3cc(Br)c(O)cc3Oc3cc(O)c(Br)cc32)c2ccc(O)c(O)c21. The van der Waals surface area contributed by atoms with Gasteiger partial charge in [-0.05, 0) is 56.1 Å². The monoisotopic (exact) mass is 520 g/mol. The first kappa shape index (κ1) is 18.1. The summed E-state index contributed by atoms with van der Waals surface area (Å²) in [7, 11) is 0. The molecule has 2 aliphatic heterocycles. The van der Waals surface area contributed by atoms with E-state index in [2.05, 4.69) is 31.9 Å². The van der Waals surface area contributed by atoms with Crippen LogP contribution < -0.4 is 4.74 Å². The zero-order valence-corrected chi connectivity index (χ0v) is 17.4. The van der Waals surface area contributed by atoms with E-state index in [4.69, 9.17) is 9.47 Å². The Kier molecular flexibility index (Phi) is 3.63. The third kappa shape index (κ3) is 2.25. The molecule has 0 bridgehead atoms. The van der Waals surface area contributed by atoms with Crippen LogP contribution in [0.5, 0.6) is 34.5 Å². The Morgan fingerprint density at radius 2 is 1.31 bits per heavy atom. The van der Waals surface area contributed by atoms with Crippen molar-refractivity contribution in [2.45, 2.75) is 5.60 Å². The van der Waals surface area contributed by atoms with Crippen molar-refractivity contribution in [2.75, 3.05) is 0 Å². The van der Waals surface area contributed by atoms with Gasteiger partial charge in [-0.25, -0.2) is 4.79 Å². The maximum Gasteiger partial charge on any atom is 0.344 e. The van der Waals surface area contributed by atoms with Crippen molar-refractivity contribution in [3.8, 4) is 34.5 Å². The molecular formula is C20H10Br2O7. The van der Waals surface area contributed by atoms with Crippen LogP contribution >= 0.6 is 31.9 Å². The lowest BCUT2D eigenvalue weighted by Gasteiger charge is -2.36. The highest BCUT2D eigenvalue weighted by molar-refractivity contribution is 9.10. The van der Waals surface area contributed by atoms with Crippen LogP contribution in [0.1, 0.15) is 27.0 Å². The van der Waals surface area contributed by atoms with Gasteiger partial charge < -0.3 is 29.9 Å². The van der Waals surface area contributed by atoms with Gasteiger partial charge in [-0.2, -0.15) is 0 Å². The van der Waals surface area contributed by atoms with Crippen molar-refractivity contribution in [1.29, 1.82) is 0 Å². The summed E-state index contributed by atoms with van der Waals surface area (Å²) in [6.07, 6.45) is 0. The minimum atomic E-state index is -1.53. The Hall–Kier alpha value is -2.91. The lowest BCUT2D eigenvalue weighted by Crippen LogP contribution is -2.33. The van der Waals surface area contributed by atoms with Crippen molar-refractivity contribution in [3.63, 3.8) is 0 Å². The third-order valence-electron chi connectivity index (χ3n) is 5.06. The number of phenolic OH excluding ortho intramolecular Hbond substituents is 4. The molecule has 4 N–H and O–H groups in total. The molecule has 0 atom stereocenters. The second-order valence-electron chi connectivity index (χ2n) is 6.63. The minimum Gasteiger partial charge on any atom is -0.507 e. The number of rotatable bonds is 0. The topological polar surface area (TPSA) is 116 Å². The molecule has 9 heteroatoms. The fourth-order valence-corrected chi connectivity index (χ4v) is 4.48. The standard InChI is InChI=1S/C20H10Br2O7/c21-10-3-8-15(5-13(10)24)28-16-6-14(25)11(22)4-9(16)20(8)7-1-2-12(23)18(26)17(7)19(27)29-20/h1-6,23-26H. The van der Waals surface area contributed by atoms with Gasteiger partial charge in [0.05, 0.1) is 8.95 Å². The summed E-state index contributed by atoms with van der Waals surface area (Å²) in [5.74, 6) is -1.66. The van der Waals surface area contributed by atoms with Crippen LogP contribution in [0.15, 0.2) is 45.3 Å². The Bertz CT molecular complexity index is 1190. The van der Waals surface area contributed by atoms with E-state index in [1.165, 1.54) is 24.3 Å². The zero-order valence-electron chi connectivity index (χ0n) is 14.2. The Morgan fingerprint density at radius 3 is 1.86 bits per heavy atom. The number of esters is 1. The summed E-state index contributed by atoms with van der Waals surface area (Å²) in [5.41, 5.74) is -0.627. The molecular weight excluding hydrogens is 512 g/mol. The molecule has 3 aromatic carbocycles. The predicted octanol–water partition coefficient (Wildman–Crippen LogP) is 4.60. The number of carbonyl (C=O) groups excluding carboxylic acids is 1. The van der Waals surface area contributed by atoms with Gasteiger partial charge in [0.1, 0.15) is 28.6 Å². The van der Waals surface area contributed by atoms with Crippen molar-refractivity contribution in [1.82, 2.24) is 0 Å². The maximum absolute atomic E-state index is 12.8. The highest BCUT2D eigenvalue weighted by Gasteiger charge is 2.55. The quantitative estimate of drug-likeness (QED) is 0.252. The minimum absolute atomic E-state index is 0.0956. The lowest BCUT2D eigenvalue weighted by molar-refractivity contribution is 0.0222. The average Bonchev–Trinajstić information content (AvgIpc) is 2.96. The van der Waals surface area contributed by atoms with Gasteiger partial charge in [0.15, 0.2) is 17.1 Å². The maximum atomic E-state index is 12.8. The molecule has 0 fully saturated rings. The molecule has 0 unspecified atom stereocenters. The van der Waals surface area contributed by atoms with Crippen molar-refractivity contribution >= 4 is 37.8 Å². The number of aromatic hydroxyl groups is 4. The average molecular weight is 522 g/mol. The van der Waals surface area contributed by atoms with E-state index in [0.717, 1.165) is 0 Å². The summed E-state index contributed by atoms with van der Waals surface area (Å²) in [6.45, 7) is 0. The molecule has 5 rings (SSSR count). The third-order valence-corrected chi connectivity index (χ3v) is 6.33. The fraction of sp³-hybridized carbons (Fsp3) is 0.0500. The first-order chi connectivity index (χ1) is 13.7. The fourth-order valence-electron chi connectivity index (χ4n) is 3.79. The molecule has 0 saturated heterocycles. The number of phenols is 4. The van der Waals surface area contributed by atoms with Crippen molar-refractivity contribution < 1.29 is 34.7 Å². The van der Waals surface area contributed by atoms with Gasteiger partial charge in [0, 0.05) is 28.8 Å². The van der Waals surface area contributed by atoms with Gasteiger partial charge in [0.2, 0.25) is 0 Å². The van der Waals surface area contributed by atoms with E-state index in [1.807, 2.05) is 0 Å². The van der Waals surface area contributed by atoms with Crippen LogP contribution in [-0.4, -0.2) is 26.4 Å². The number of halogens is 2. The van der Waals surface area contributed by atoms with Crippen LogP contribution in [0.25, 0.3) is 0 Å². The molecule has 7 nitrogen and oxygen atoms in total. The van der Waals surface area contributed by atoms with Crippen LogP contribution in [0.3, 0.4) is 0 Å². The van der Waals surface area contributed by atoms with Crippen LogP contribution in [0, 0.1) is 0 Å². The first-order valence-corrected chi connectivity index (χ1v) is 9.85. The highest BCUT2D eigenvalue weighted by Crippen LogP contribution is 2.60.